The second-order valence-electron chi connectivity index (χ2n) is 5.58. The van der Waals surface area contributed by atoms with E-state index < -0.39 is 0 Å². The number of halogens is 1. The first-order chi connectivity index (χ1) is 10.6. The van der Waals surface area contributed by atoms with Gasteiger partial charge in [0.05, 0.1) is 5.56 Å². The summed E-state index contributed by atoms with van der Waals surface area (Å²) in [6.07, 6.45) is 2.67. The molecular formula is C16H18BrN3O2. The van der Waals surface area contributed by atoms with Crippen LogP contribution in [0.1, 0.15) is 24.0 Å². The monoisotopic (exact) mass is 363 g/mol. The van der Waals surface area contributed by atoms with Gasteiger partial charge in [0.1, 0.15) is 5.82 Å². The lowest BCUT2D eigenvalue weighted by atomic mass is 10.1. The van der Waals surface area contributed by atoms with Gasteiger partial charge in [0.25, 0.3) is 5.56 Å². The van der Waals surface area contributed by atoms with Crippen molar-refractivity contribution in [2.45, 2.75) is 19.3 Å². The number of rotatable bonds is 3. The minimum atomic E-state index is -0.359. The normalized spacial score (nSPS) is 14.5. The Morgan fingerprint density at radius 3 is 2.55 bits per heavy atom. The molecule has 22 heavy (non-hydrogen) atoms. The van der Waals surface area contributed by atoms with Crippen molar-refractivity contribution in [1.82, 2.24) is 9.55 Å². The summed E-state index contributed by atoms with van der Waals surface area (Å²) in [5, 5.41) is 0. The maximum atomic E-state index is 12.6. The van der Waals surface area contributed by atoms with Crippen LogP contribution in [0.5, 0.6) is 0 Å². The summed E-state index contributed by atoms with van der Waals surface area (Å²) in [6, 6.07) is 7.84. The van der Waals surface area contributed by atoms with Crippen LogP contribution >= 0.6 is 15.9 Å². The van der Waals surface area contributed by atoms with Gasteiger partial charge in [-0.15, -0.1) is 0 Å². The molecule has 5 nitrogen and oxygen atoms in total. The third-order valence-corrected chi connectivity index (χ3v) is 4.90. The molecule has 0 amide bonds. The van der Waals surface area contributed by atoms with E-state index in [4.69, 9.17) is 0 Å². The summed E-state index contributed by atoms with van der Waals surface area (Å²) in [7, 11) is 1.51. The average Bonchev–Trinajstić information content (AvgIpc) is 3.03. The number of nitrogens with zero attached hydrogens (tertiary/aromatic N) is 2. The molecule has 0 saturated carbocycles. The first-order valence-electron chi connectivity index (χ1n) is 7.38. The molecule has 0 aliphatic carbocycles. The minimum Gasteiger partial charge on any atom is -0.358 e. The van der Waals surface area contributed by atoms with E-state index in [0.29, 0.717) is 17.8 Å². The highest BCUT2D eigenvalue weighted by molar-refractivity contribution is 9.10. The van der Waals surface area contributed by atoms with Gasteiger partial charge in [-0.2, -0.15) is 0 Å². The van der Waals surface area contributed by atoms with Crippen molar-refractivity contribution < 1.29 is 0 Å². The van der Waals surface area contributed by atoms with Crippen LogP contribution < -0.4 is 16.1 Å². The molecule has 1 N–H and O–H groups in total. The molecule has 1 aromatic carbocycles. The van der Waals surface area contributed by atoms with E-state index in [1.54, 1.807) is 0 Å². The molecule has 1 aliphatic heterocycles. The fraction of sp³-hybridized carbons (Fsp3) is 0.375. The summed E-state index contributed by atoms with van der Waals surface area (Å²) in [5.41, 5.74) is 1.10. The summed E-state index contributed by atoms with van der Waals surface area (Å²) in [4.78, 5) is 29.5. The number of anilines is 1. The fourth-order valence-electron chi connectivity index (χ4n) is 2.86. The molecule has 1 aromatic heterocycles. The Bertz CT molecular complexity index is 804. The van der Waals surface area contributed by atoms with Crippen LogP contribution in [0.4, 0.5) is 5.82 Å². The zero-order chi connectivity index (χ0) is 15.7. The number of aromatic nitrogens is 2. The van der Waals surface area contributed by atoms with E-state index >= 15 is 0 Å². The van der Waals surface area contributed by atoms with Gasteiger partial charge in [-0.25, -0.2) is 4.79 Å². The Balaban J connectivity index is 2.12. The van der Waals surface area contributed by atoms with Crippen LogP contribution in [0, 0.1) is 0 Å². The molecule has 0 atom stereocenters. The second-order valence-corrected chi connectivity index (χ2v) is 6.44. The molecule has 3 rings (SSSR count). The Labute approximate surface area is 136 Å². The predicted octanol–water partition coefficient (Wildman–Crippen LogP) is 2.03. The number of benzene rings is 1. The number of hydrogen-bond donors (Lipinski definition) is 1. The van der Waals surface area contributed by atoms with Crippen molar-refractivity contribution in [2.75, 3.05) is 18.0 Å². The van der Waals surface area contributed by atoms with Crippen LogP contribution in [-0.4, -0.2) is 22.6 Å². The number of aromatic amines is 1. The summed E-state index contributed by atoms with van der Waals surface area (Å²) >= 11 is 3.53. The van der Waals surface area contributed by atoms with Crippen LogP contribution in [0.2, 0.25) is 0 Å². The quantitative estimate of drug-likeness (QED) is 0.907. The van der Waals surface area contributed by atoms with E-state index in [2.05, 4.69) is 25.8 Å². The molecular weight excluding hydrogens is 346 g/mol. The molecule has 0 unspecified atom stereocenters. The summed E-state index contributed by atoms with van der Waals surface area (Å²) in [5.74, 6) is 0.682. The van der Waals surface area contributed by atoms with Crippen molar-refractivity contribution in [2.24, 2.45) is 7.05 Å². The predicted molar refractivity (Wildman–Crippen MR) is 90.7 cm³/mol. The second kappa shape index (κ2) is 6.12. The smallest absolute Gasteiger partial charge is 0.329 e. The first kappa shape index (κ1) is 15.1. The van der Waals surface area contributed by atoms with Crippen LogP contribution in [0.3, 0.4) is 0 Å². The standard InChI is InChI=1S/C16H18BrN3O2/c1-19-15(21)12(10-11-6-2-3-7-13(11)17)14(18-16(19)22)20-8-4-5-9-20/h2-3,6-7H,4-5,8-10H2,1H3,(H,18,22). The molecule has 1 aliphatic rings. The molecule has 2 aromatic rings. The van der Waals surface area contributed by atoms with E-state index in [-0.39, 0.29) is 11.2 Å². The Morgan fingerprint density at radius 2 is 1.86 bits per heavy atom. The average molecular weight is 364 g/mol. The molecule has 116 valence electrons. The zero-order valence-electron chi connectivity index (χ0n) is 12.4. The highest BCUT2D eigenvalue weighted by atomic mass is 79.9. The molecule has 6 heteroatoms. The number of hydrogen-bond acceptors (Lipinski definition) is 3. The lowest BCUT2D eigenvalue weighted by Crippen LogP contribution is -2.38. The van der Waals surface area contributed by atoms with Crippen molar-refractivity contribution in [1.29, 1.82) is 0 Å². The van der Waals surface area contributed by atoms with Gasteiger partial charge in [0.2, 0.25) is 0 Å². The lowest BCUT2D eigenvalue weighted by Gasteiger charge is -2.21. The third-order valence-electron chi connectivity index (χ3n) is 4.13. The largest absolute Gasteiger partial charge is 0.358 e. The topological polar surface area (TPSA) is 58.1 Å². The maximum Gasteiger partial charge on any atom is 0.329 e. The van der Waals surface area contributed by atoms with Crippen molar-refractivity contribution in [3.63, 3.8) is 0 Å². The van der Waals surface area contributed by atoms with Crippen LogP contribution in [-0.2, 0) is 13.5 Å². The highest BCUT2D eigenvalue weighted by Gasteiger charge is 2.21. The molecule has 0 spiro atoms. The van der Waals surface area contributed by atoms with Crippen LogP contribution in [0.25, 0.3) is 0 Å². The van der Waals surface area contributed by atoms with Crippen molar-refractivity contribution in [3.8, 4) is 0 Å². The van der Waals surface area contributed by atoms with Crippen molar-refractivity contribution >= 4 is 21.7 Å². The van der Waals surface area contributed by atoms with E-state index in [9.17, 15) is 9.59 Å². The Hall–Kier alpha value is -1.82. The van der Waals surface area contributed by atoms with Gasteiger partial charge in [-0.3, -0.25) is 14.3 Å². The molecule has 1 saturated heterocycles. The SMILES string of the molecule is Cn1c(=O)[nH]c(N2CCCC2)c(Cc2ccccc2Br)c1=O. The van der Waals surface area contributed by atoms with E-state index in [1.165, 1.54) is 7.05 Å². The third kappa shape index (κ3) is 2.75. The van der Waals surface area contributed by atoms with Gasteiger partial charge in [0.15, 0.2) is 0 Å². The number of H-pyrrole nitrogens is 1. The maximum absolute atomic E-state index is 12.6. The van der Waals surface area contributed by atoms with Gasteiger partial charge in [-0.1, -0.05) is 34.1 Å². The van der Waals surface area contributed by atoms with Gasteiger partial charge >= 0.3 is 5.69 Å². The molecule has 2 heterocycles. The highest BCUT2D eigenvalue weighted by Crippen LogP contribution is 2.24. The lowest BCUT2D eigenvalue weighted by molar-refractivity contribution is 0.744. The Morgan fingerprint density at radius 1 is 1.18 bits per heavy atom. The number of nitrogens with one attached hydrogen (secondary N) is 1. The summed E-state index contributed by atoms with van der Waals surface area (Å²) < 4.78 is 2.11. The van der Waals surface area contributed by atoms with Crippen LogP contribution in [0.15, 0.2) is 38.3 Å². The van der Waals surface area contributed by atoms with E-state index in [1.807, 2.05) is 24.3 Å². The van der Waals surface area contributed by atoms with Gasteiger partial charge in [-0.05, 0) is 24.5 Å². The van der Waals surface area contributed by atoms with Crippen molar-refractivity contribution in [3.05, 3.63) is 60.7 Å². The molecule has 0 bridgehead atoms. The first-order valence-corrected chi connectivity index (χ1v) is 8.18. The summed E-state index contributed by atoms with van der Waals surface area (Å²) in [6.45, 7) is 1.76. The zero-order valence-corrected chi connectivity index (χ0v) is 14.0. The fourth-order valence-corrected chi connectivity index (χ4v) is 3.28. The van der Waals surface area contributed by atoms with E-state index in [0.717, 1.165) is 40.5 Å². The molecule has 0 radical (unpaired) electrons. The van der Waals surface area contributed by atoms with Gasteiger partial charge in [0, 0.05) is 31.0 Å². The Kier molecular flexibility index (Phi) is 4.20. The molecule has 1 fully saturated rings. The minimum absolute atomic E-state index is 0.221. The van der Waals surface area contributed by atoms with Gasteiger partial charge < -0.3 is 4.90 Å².